The molecule has 2 aromatic heterocycles. The zero-order chi connectivity index (χ0) is 30.5. The number of rotatable bonds is 10. The second kappa shape index (κ2) is 13.3. The number of para-hydroxylation sites is 2. The lowest BCUT2D eigenvalue weighted by atomic mass is 10.1. The van der Waals surface area contributed by atoms with E-state index in [0.717, 1.165) is 53.3 Å². The quantitative estimate of drug-likeness (QED) is 0.144. The number of nitrogens with zero attached hydrogens (tertiary/aromatic N) is 4. The molecule has 3 heterocycles. The third kappa shape index (κ3) is 6.30. The first-order valence-corrected chi connectivity index (χ1v) is 15.6. The van der Waals surface area contributed by atoms with Gasteiger partial charge in [0.1, 0.15) is 5.58 Å². The number of aryl methyl sites for hydroxylation is 1. The van der Waals surface area contributed by atoms with Gasteiger partial charge in [0.25, 0.3) is 5.91 Å². The molecule has 1 aliphatic rings. The van der Waals surface area contributed by atoms with Crippen LogP contribution in [0.5, 0.6) is 0 Å². The summed E-state index contributed by atoms with van der Waals surface area (Å²) in [5.41, 5.74) is 4.94. The number of hydrogen-bond acceptors (Lipinski definition) is 8. The molecule has 0 unspecified atom stereocenters. The molecule has 5 aromatic rings. The number of furan rings is 1. The molecule has 1 amide bonds. The van der Waals surface area contributed by atoms with Gasteiger partial charge in [-0.25, -0.2) is 9.78 Å². The lowest BCUT2D eigenvalue weighted by Gasteiger charge is -2.38. The van der Waals surface area contributed by atoms with E-state index in [0.29, 0.717) is 31.1 Å². The SMILES string of the molecule is CCOC(=O)c1oc2ccc(SN(CCc3ccccc3)c3ccccc3N3CCN(C(=O)c4ncc[nH]4)CC3)cc2c1C. The molecule has 0 spiro atoms. The minimum absolute atomic E-state index is 0.0703. The molecule has 1 saturated heterocycles. The number of carbonyl (C=O) groups excluding carboxylic acids is 2. The van der Waals surface area contributed by atoms with Crippen molar-refractivity contribution < 1.29 is 18.7 Å². The average Bonchev–Trinajstić information content (AvgIpc) is 3.72. The molecule has 3 aromatic carbocycles. The number of anilines is 2. The Bertz CT molecular complexity index is 1730. The van der Waals surface area contributed by atoms with E-state index >= 15 is 0 Å². The number of ether oxygens (including phenoxy) is 1. The van der Waals surface area contributed by atoms with Gasteiger partial charge < -0.3 is 28.2 Å². The first-order valence-electron chi connectivity index (χ1n) is 14.8. The van der Waals surface area contributed by atoms with E-state index < -0.39 is 5.97 Å². The van der Waals surface area contributed by atoms with Crippen LogP contribution in [0.1, 0.15) is 39.2 Å². The van der Waals surface area contributed by atoms with Crippen molar-refractivity contribution in [2.45, 2.75) is 25.2 Å². The van der Waals surface area contributed by atoms with Gasteiger partial charge in [0.05, 0.1) is 18.0 Å². The number of aromatic amines is 1. The highest BCUT2D eigenvalue weighted by Crippen LogP contribution is 2.38. The number of hydrogen-bond donors (Lipinski definition) is 1. The van der Waals surface area contributed by atoms with Crippen LogP contribution >= 0.6 is 11.9 Å². The van der Waals surface area contributed by atoms with Gasteiger partial charge in [-0.15, -0.1) is 0 Å². The molecule has 9 nitrogen and oxygen atoms in total. The third-order valence-corrected chi connectivity index (χ3v) is 8.85. The number of piperazine rings is 1. The molecule has 6 rings (SSSR count). The molecule has 0 atom stereocenters. The molecule has 1 N–H and O–H groups in total. The summed E-state index contributed by atoms with van der Waals surface area (Å²) in [6.45, 7) is 7.42. The predicted molar refractivity (Wildman–Crippen MR) is 173 cm³/mol. The lowest BCUT2D eigenvalue weighted by Crippen LogP contribution is -2.49. The van der Waals surface area contributed by atoms with Crippen LogP contribution in [0.15, 0.2) is 94.5 Å². The molecule has 0 saturated carbocycles. The number of fused-ring (bicyclic) bond motifs is 1. The van der Waals surface area contributed by atoms with E-state index in [4.69, 9.17) is 9.15 Å². The summed E-state index contributed by atoms with van der Waals surface area (Å²) in [6.07, 6.45) is 4.15. The molecule has 1 fully saturated rings. The van der Waals surface area contributed by atoms with E-state index in [9.17, 15) is 9.59 Å². The van der Waals surface area contributed by atoms with Gasteiger partial charge in [-0.05, 0) is 68.1 Å². The van der Waals surface area contributed by atoms with E-state index in [2.05, 4.69) is 73.8 Å². The van der Waals surface area contributed by atoms with Crippen molar-refractivity contribution in [3.8, 4) is 0 Å². The van der Waals surface area contributed by atoms with Crippen molar-refractivity contribution in [2.24, 2.45) is 0 Å². The Balaban J connectivity index is 1.26. The van der Waals surface area contributed by atoms with Crippen LogP contribution in [0.4, 0.5) is 11.4 Å². The van der Waals surface area contributed by atoms with E-state index in [-0.39, 0.29) is 11.7 Å². The number of esters is 1. The van der Waals surface area contributed by atoms with E-state index in [1.54, 1.807) is 31.3 Å². The highest BCUT2D eigenvalue weighted by atomic mass is 32.2. The molecule has 0 radical (unpaired) electrons. The van der Waals surface area contributed by atoms with E-state index in [1.807, 2.05) is 30.0 Å². The average molecular weight is 610 g/mol. The summed E-state index contributed by atoms with van der Waals surface area (Å²) in [5.74, 6) is 0.111. The summed E-state index contributed by atoms with van der Waals surface area (Å²) < 4.78 is 13.4. The maximum Gasteiger partial charge on any atom is 0.374 e. The number of carbonyl (C=O) groups is 2. The standard InChI is InChI=1S/C34H35N5O4S/c1-3-42-34(41)31-24(2)27-23-26(13-14-30(27)43-31)44-39(18-15-25-9-5-4-6-10-25)29-12-8-7-11-28(29)37-19-21-38(22-20-37)33(40)32-35-16-17-36-32/h4-14,16-17,23H,3,15,18-22H2,1-2H3,(H,35,36). The predicted octanol–water partition coefficient (Wildman–Crippen LogP) is 6.36. The fraction of sp³-hybridized carbons (Fsp3) is 0.265. The number of nitrogens with one attached hydrogen (secondary N) is 1. The Morgan fingerprint density at radius 3 is 2.55 bits per heavy atom. The first-order chi connectivity index (χ1) is 21.5. The second-order valence-corrected chi connectivity index (χ2v) is 11.7. The van der Waals surface area contributed by atoms with Crippen LogP contribution in [0, 0.1) is 6.92 Å². The molecular weight excluding hydrogens is 574 g/mol. The highest BCUT2D eigenvalue weighted by molar-refractivity contribution is 8.00. The molecule has 10 heteroatoms. The maximum absolute atomic E-state index is 12.9. The summed E-state index contributed by atoms with van der Waals surface area (Å²) >= 11 is 1.67. The monoisotopic (exact) mass is 609 g/mol. The van der Waals surface area contributed by atoms with Gasteiger partial charge in [0, 0.05) is 61.0 Å². The maximum atomic E-state index is 12.9. The summed E-state index contributed by atoms with van der Waals surface area (Å²) in [6, 6.07) is 25.0. The number of aromatic nitrogens is 2. The van der Waals surface area contributed by atoms with Crippen LogP contribution in [-0.4, -0.2) is 66.1 Å². The number of amides is 1. The van der Waals surface area contributed by atoms with Gasteiger partial charge >= 0.3 is 5.97 Å². The van der Waals surface area contributed by atoms with Crippen molar-refractivity contribution in [3.05, 3.63) is 108 Å². The Labute approximate surface area is 260 Å². The highest BCUT2D eigenvalue weighted by Gasteiger charge is 2.26. The second-order valence-electron chi connectivity index (χ2n) is 10.6. The molecule has 0 bridgehead atoms. The summed E-state index contributed by atoms with van der Waals surface area (Å²) in [5, 5.41) is 0.895. The van der Waals surface area contributed by atoms with Gasteiger partial charge in [-0.1, -0.05) is 42.5 Å². The Morgan fingerprint density at radius 2 is 1.80 bits per heavy atom. The van der Waals surface area contributed by atoms with Crippen molar-refractivity contribution in [2.75, 3.05) is 48.5 Å². The van der Waals surface area contributed by atoms with Crippen molar-refractivity contribution in [1.29, 1.82) is 0 Å². The lowest BCUT2D eigenvalue weighted by molar-refractivity contribution is 0.0491. The third-order valence-electron chi connectivity index (χ3n) is 7.79. The van der Waals surface area contributed by atoms with Crippen LogP contribution < -0.4 is 9.21 Å². The number of benzene rings is 3. The Kier molecular flexibility index (Phi) is 8.88. The minimum Gasteiger partial charge on any atom is -0.460 e. The van der Waals surface area contributed by atoms with Crippen LogP contribution in [0.2, 0.25) is 0 Å². The minimum atomic E-state index is -0.445. The molecule has 1 aliphatic heterocycles. The Hall–Kier alpha value is -4.70. The van der Waals surface area contributed by atoms with Crippen molar-refractivity contribution in [3.63, 3.8) is 0 Å². The van der Waals surface area contributed by atoms with Gasteiger partial charge in [0.2, 0.25) is 5.76 Å². The summed E-state index contributed by atoms with van der Waals surface area (Å²) in [4.78, 5) is 37.6. The zero-order valence-corrected chi connectivity index (χ0v) is 25.7. The molecule has 44 heavy (non-hydrogen) atoms. The van der Waals surface area contributed by atoms with Gasteiger partial charge in [-0.3, -0.25) is 4.79 Å². The normalized spacial score (nSPS) is 13.3. The fourth-order valence-electron chi connectivity index (χ4n) is 5.49. The fourth-order valence-corrected chi connectivity index (χ4v) is 6.48. The topological polar surface area (TPSA) is 94.9 Å². The summed E-state index contributed by atoms with van der Waals surface area (Å²) in [7, 11) is 0. The van der Waals surface area contributed by atoms with Crippen molar-refractivity contribution in [1.82, 2.24) is 14.9 Å². The van der Waals surface area contributed by atoms with Crippen LogP contribution in [0.3, 0.4) is 0 Å². The molecular formula is C34H35N5O4S. The van der Waals surface area contributed by atoms with Crippen molar-refractivity contribution >= 4 is 46.2 Å². The van der Waals surface area contributed by atoms with Crippen LogP contribution in [0.25, 0.3) is 11.0 Å². The Morgan fingerprint density at radius 1 is 1.02 bits per heavy atom. The first kappa shape index (κ1) is 29.4. The number of H-pyrrole nitrogens is 1. The molecule has 226 valence electrons. The van der Waals surface area contributed by atoms with Gasteiger partial charge in [0.15, 0.2) is 5.82 Å². The zero-order valence-electron chi connectivity index (χ0n) is 24.9. The van der Waals surface area contributed by atoms with Gasteiger partial charge in [-0.2, -0.15) is 0 Å². The molecule has 0 aliphatic carbocycles. The van der Waals surface area contributed by atoms with Crippen LogP contribution in [-0.2, 0) is 11.2 Å². The largest absolute Gasteiger partial charge is 0.460 e. The smallest absolute Gasteiger partial charge is 0.374 e. The van der Waals surface area contributed by atoms with E-state index in [1.165, 1.54) is 5.56 Å². The number of imidazole rings is 1.